The van der Waals surface area contributed by atoms with Crippen molar-refractivity contribution < 1.29 is 38.1 Å². The molecule has 22 heavy (non-hydrogen) atoms. The maximum atomic E-state index is 12.2. The number of amides is 1. The first-order valence-corrected chi connectivity index (χ1v) is 6.16. The van der Waals surface area contributed by atoms with Crippen molar-refractivity contribution in [1.82, 2.24) is 4.98 Å². The summed E-state index contributed by atoms with van der Waals surface area (Å²) >= 11 is 0. The van der Waals surface area contributed by atoms with Crippen LogP contribution in [0.3, 0.4) is 0 Å². The predicted molar refractivity (Wildman–Crippen MR) is 66.6 cm³/mol. The molecule has 0 bridgehead atoms. The molecule has 10 heteroatoms. The van der Waals surface area contributed by atoms with Gasteiger partial charge in [-0.15, -0.1) is 0 Å². The fourth-order valence-electron chi connectivity index (χ4n) is 1.90. The number of aromatic nitrogens is 1. The number of carboxylic acid groups (broad SMARTS) is 1. The molecule has 1 amide bonds. The molecule has 120 valence electrons. The number of hydrogen-bond donors (Lipinski definition) is 2. The van der Waals surface area contributed by atoms with Crippen molar-refractivity contribution >= 4 is 17.7 Å². The van der Waals surface area contributed by atoms with Crippen LogP contribution in [0.25, 0.3) is 0 Å². The van der Waals surface area contributed by atoms with Crippen molar-refractivity contribution in [2.24, 2.45) is 0 Å². The third-order valence-electron chi connectivity index (χ3n) is 2.86. The molecule has 1 aromatic rings. The number of aliphatic hydroxyl groups is 1. The first kappa shape index (κ1) is 16.0. The van der Waals surface area contributed by atoms with E-state index in [4.69, 9.17) is 9.84 Å². The molecule has 1 aliphatic heterocycles. The number of nitrogens with zero attached hydrogens (tertiary/aromatic N) is 2. The predicted octanol–water partition coefficient (Wildman–Crippen LogP) is -0.140. The van der Waals surface area contributed by atoms with Crippen LogP contribution in [0, 0.1) is 0 Å². The molecule has 1 aromatic heterocycles. The van der Waals surface area contributed by atoms with E-state index in [-0.39, 0.29) is 24.8 Å². The van der Waals surface area contributed by atoms with Crippen molar-refractivity contribution in [2.45, 2.75) is 18.8 Å². The van der Waals surface area contributed by atoms with Gasteiger partial charge in [0, 0.05) is 6.07 Å². The van der Waals surface area contributed by atoms with Crippen LogP contribution < -0.4 is 9.64 Å². The van der Waals surface area contributed by atoms with E-state index < -0.39 is 30.7 Å². The van der Waals surface area contributed by atoms with E-state index in [0.717, 1.165) is 4.90 Å². The highest BCUT2D eigenvalue weighted by Crippen LogP contribution is 2.21. The molecule has 0 aliphatic carbocycles. The number of carboxylic acids is 1. The van der Waals surface area contributed by atoms with Crippen LogP contribution in [0.2, 0.25) is 0 Å². The number of hydrogen-bond acceptors (Lipinski definition) is 6. The quantitative estimate of drug-likeness (QED) is 0.777. The number of aliphatic hydroxyl groups excluding tert-OH is 1. The second-order valence-electron chi connectivity index (χ2n) is 4.28. The van der Waals surface area contributed by atoms with Gasteiger partial charge in [0.2, 0.25) is 5.88 Å². The minimum atomic E-state index is -3.07. The van der Waals surface area contributed by atoms with Crippen molar-refractivity contribution in [1.29, 1.82) is 0 Å². The van der Waals surface area contributed by atoms with Crippen LogP contribution >= 0.6 is 0 Å². The summed E-state index contributed by atoms with van der Waals surface area (Å²) in [5.74, 6) is -2.83. The number of pyridine rings is 1. The summed E-state index contributed by atoms with van der Waals surface area (Å²) < 4.78 is 33.4. The molecule has 1 unspecified atom stereocenters. The Hall–Kier alpha value is -2.33. The summed E-state index contributed by atoms with van der Waals surface area (Å²) in [6.45, 7) is -3.07. The molecule has 1 saturated heterocycles. The zero-order valence-corrected chi connectivity index (χ0v) is 11.1. The van der Waals surface area contributed by atoms with Crippen LogP contribution in [0.4, 0.5) is 14.6 Å². The largest absolute Gasteiger partial charge is 0.479 e. The third-order valence-corrected chi connectivity index (χ3v) is 2.86. The van der Waals surface area contributed by atoms with E-state index in [0.29, 0.717) is 0 Å². The molecule has 2 rings (SSSR count). The van der Waals surface area contributed by atoms with Gasteiger partial charge in [0.05, 0.1) is 13.2 Å². The molecule has 0 aromatic carbocycles. The summed E-state index contributed by atoms with van der Waals surface area (Å²) in [7, 11) is 0. The van der Waals surface area contributed by atoms with Crippen molar-refractivity contribution in [2.75, 3.05) is 18.1 Å². The zero-order valence-electron chi connectivity index (χ0n) is 11.1. The number of ether oxygens (including phenoxy) is 2. The van der Waals surface area contributed by atoms with Gasteiger partial charge in [0.15, 0.2) is 12.2 Å². The lowest BCUT2D eigenvalue weighted by atomic mass is 10.1. The first-order chi connectivity index (χ1) is 10.4. The average Bonchev–Trinajstić information content (AvgIpc) is 2.46. The number of anilines is 1. The summed E-state index contributed by atoms with van der Waals surface area (Å²) in [6.07, 6.45) is -3.62. The molecule has 1 fully saturated rings. The third kappa shape index (κ3) is 3.46. The van der Waals surface area contributed by atoms with E-state index in [1.54, 1.807) is 0 Å². The Morgan fingerprint density at radius 2 is 2.23 bits per heavy atom. The van der Waals surface area contributed by atoms with Crippen molar-refractivity contribution in [3.05, 3.63) is 18.2 Å². The second kappa shape index (κ2) is 6.62. The van der Waals surface area contributed by atoms with Crippen molar-refractivity contribution in [3.8, 4) is 5.88 Å². The van der Waals surface area contributed by atoms with Gasteiger partial charge in [-0.1, -0.05) is 6.07 Å². The Balaban J connectivity index is 2.21. The fourth-order valence-corrected chi connectivity index (χ4v) is 1.90. The molecule has 0 spiro atoms. The van der Waals surface area contributed by atoms with E-state index in [1.165, 1.54) is 18.2 Å². The van der Waals surface area contributed by atoms with Crippen LogP contribution in [0.5, 0.6) is 5.88 Å². The fraction of sp³-hybridized carbons (Fsp3) is 0.417. The number of carbonyl (C=O) groups is 2. The van der Waals surface area contributed by atoms with Gasteiger partial charge in [0.1, 0.15) is 5.82 Å². The zero-order chi connectivity index (χ0) is 16.3. The lowest BCUT2D eigenvalue weighted by molar-refractivity contribution is -0.163. The number of aliphatic carboxylic acids is 1. The molecule has 8 nitrogen and oxygen atoms in total. The monoisotopic (exact) mass is 318 g/mol. The topological polar surface area (TPSA) is 109 Å². The summed E-state index contributed by atoms with van der Waals surface area (Å²) in [6, 6.07) is 3.90. The summed E-state index contributed by atoms with van der Waals surface area (Å²) in [5.41, 5.74) is 0. The molecular weight excluding hydrogens is 306 g/mol. The van der Waals surface area contributed by atoms with Crippen molar-refractivity contribution in [3.63, 3.8) is 0 Å². The van der Waals surface area contributed by atoms with E-state index >= 15 is 0 Å². The molecule has 2 N–H and O–H groups in total. The normalized spacial score (nSPS) is 20.1. The Morgan fingerprint density at radius 1 is 1.50 bits per heavy atom. The highest BCUT2D eigenvalue weighted by atomic mass is 19.3. The van der Waals surface area contributed by atoms with Crippen LogP contribution in [0.1, 0.15) is 0 Å². The molecule has 0 radical (unpaired) electrons. The van der Waals surface area contributed by atoms with Gasteiger partial charge >= 0.3 is 12.6 Å². The number of rotatable bonds is 5. The highest BCUT2D eigenvalue weighted by molar-refractivity contribution is 5.99. The Kier molecular flexibility index (Phi) is 4.83. The smallest absolute Gasteiger partial charge is 0.388 e. The second-order valence-corrected chi connectivity index (χ2v) is 4.28. The highest BCUT2D eigenvalue weighted by Gasteiger charge is 2.39. The summed E-state index contributed by atoms with van der Waals surface area (Å²) in [4.78, 5) is 27.7. The van der Waals surface area contributed by atoms with E-state index in [9.17, 15) is 23.5 Å². The minimum Gasteiger partial charge on any atom is -0.479 e. The van der Waals surface area contributed by atoms with Gasteiger partial charge in [0.25, 0.3) is 5.91 Å². The molecule has 1 aliphatic rings. The maximum Gasteiger partial charge on any atom is 0.388 e. The molecule has 2 atom stereocenters. The Bertz CT molecular complexity index is 570. The Labute approximate surface area is 122 Å². The van der Waals surface area contributed by atoms with Gasteiger partial charge < -0.3 is 19.7 Å². The van der Waals surface area contributed by atoms with Crippen LogP contribution in [-0.2, 0) is 14.3 Å². The van der Waals surface area contributed by atoms with E-state index in [1.807, 2.05) is 0 Å². The summed E-state index contributed by atoms with van der Waals surface area (Å²) in [5, 5.41) is 18.2. The van der Waals surface area contributed by atoms with Gasteiger partial charge in [-0.2, -0.15) is 13.8 Å². The molecule has 0 saturated carbocycles. The lowest BCUT2D eigenvalue weighted by Crippen LogP contribution is -2.54. The number of alkyl halides is 2. The van der Waals surface area contributed by atoms with E-state index in [2.05, 4.69) is 9.72 Å². The lowest BCUT2D eigenvalue weighted by Gasteiger charge is -2.32. The minimum absolute atomic E-state index is 0.00552. The standard InChI is InChI=1S/C12H12F2N2O6/c13-12(14)22-7-3-1-2-6(15-7)16-4-5-21-9(10(16)18)8(17)11(19)20/h1-3,8-9,12,17H,4-5H2,(H,19,20)/t8?,9-/m1/s1. The number of morpholine rings is 1. The SMILES string of the molecule is O=C(O)C(O)[C@H]1OCCN(c2cccc(OC(F)F)n2)C1=O. The Morgan fingerprint density at radius 3 is 2.86 bits per heavy atom. The maximum absolute atomic E-state index is 12.2. The first-order valence-electron chi connectivity index (χ1n) is 6.16. The van der Waals surface area contributed by atoms with Crippen LogP contribution in [-0.4, -0.2) is 59.0 Å². The van der Waals surface area contributed by atoms with Crippen LogP contribution in [0.15, 0.2) is 18.2 Å². The number of carbonyl (C=O) groups excluding carboxylic acids is 1. The molecule has 2 heterocycles. The van der Waals surface area contributed by atoms with Gasteiger partial charge in [-0.05, 0) is 6.07 Å². The molecular formula is C12H12F2N2O6. The number of halogens is 2. The van der Waals surface area contributed by atoms with Gasteiger partial charge in [-0.25, -0.2) is 4.79 Å². The van der Waals surface area contributed by atoms with Gasteiger partial charge in [-0.3, -0.25) is 9.69 Å². The average molecular weight is 318 g/mol.